The van der Waals surface area contributed by atoms with E-state index >= 15 is 0 Å². The molecule has 3 aromatic rings. The number of nitrogens with one attached hydrogen (secondary N) is 1. The molecule has 160 valence electrons. The van der Waals surface area contributed by atoms with Crippen molar-refractivity contribution in [3.8, 4) is 0 Å². The third-order valence-electron chi connectivity index (χ3n) is 6.32. The second kappa shape index (κ2) is 7.83. The van der Waals surface area contributed by atoms with Gasteiger partial charge in [-0.3, -0.25) is 9.79 Å². The zero-order valence-electron chi connectivity index (χ0n) is 18.4. The number of carbonyl (C=O) groups excluding carboxylic acids is 1. The number of Topliss-reactive ketones (excluding diaryl/α,β-unsaturated/α-hetero) is 1. The summed E-state index contributed by atoms with van der Waals surface area (Å²) in [5.74, 6) is 1.42. The quantitative estimate of drug-likeness (QED) is 0.548. The molecule has 6 heteroatoms. The highest BCUT2D eigenvalue weighted by molar-refractivity contribution is 7.19. The van der Waals surface area contributed by atoms with Crippen LogP contribution in [0.1, 0.15) is 61.6 Å². The first-order valence-electron chi connectivity index (χ1n) is 11.1. The first-order chi connectivity index (χ1) is 14.9. The van der Waals surface area contributed by atoms with E-state index < -0.39 is 0 Å². The number of aromatic nitrogens is 2. The fourth-order valence-corrected chi connectivity index (χ4v) is 5.77. The fraction of sp³-hybridized carbons (Fsp3) is 0.440. The third kappa shape index (κ3) is 4.13. The van der Waals surface area contributed by atoms with E-state index in [2.05, 4.69) is 59.2 Å². The van der Waals surface area contributed by atoms with Crippen LogP contribution >= 0.6 is 11.3 Å². The van der Waals surface area contributed by atoms with Gasteiger partial charge in [0.1, 0.15) is 22.8 Å². The largest absolute Gasteiger partial charge is 0.340 e. The number of thiophene rings is 1. The number of carbonyl (C=O) groups is 1. The molecule has 0 amide bonds. The number of hydrogen-bond donors (Lipinski definition) is 1. The maximum Gasteiger partial charge on any atom is 0.142 e. The van der Waals surface area contributed by atoms with Gasteiger partial charge < -0.3 is 5.32 Å². The van der Waals surface area contributed by atoms with Crippen LogP contribution in [0.2, 0.25) is 0 Å². The van der Waals surface area contributed by atoms with Gasteiger partial charge in [0.2, 0.25) is 0 Å². The molecular weight excluding hydrogens is 404 g/mol. The first kappa shape index (κ1) is 20.3. The molecule has 2 aromatic heterocycles. The van der Waals surface area contributed by atoms with E-state index in [4.69, 9.17) is 0 Å². The number of rotatable bonds is 5. The van der Waals surface area contributed by atoms with Crippen LogP contribution in [0.15, 0.2) is 29.5 Å². The minimum Gasteiger partial charge on any atom is -0.340 e. The Morgan fingerprint density at radius 3 is 2.97 bits per heavy atom. The lowest BCUT2D eigenvalue weighted by Gasteiger charge is -2.23. The van der Waals surface area contributed by atoms with Crippen molar-refractivity contribution in [2.24, 2.45) is 16.3 Å². The summed E-state index contributed by atoms with van der Waals surface area (Å²) in [7, 11) is 0. The SMILES string of the molecule is CC(C)(C)CCC(=O)C1CCc2c(sc3ncnc(Nc4ccc5c(c4)C=NC5)c23)C1. The summed E-state index contributed by atoms with van der Waals surface area (Å²) in [6.45, 7) is 7.37. The molecule has 31 heavy (non-hydrogen) atoms. The van der Waals surface area contributed by atoms with Gasteiger partial charge in [-0.1, -0.05) is 26.8 Å². The Morgan fingerprint density at radius 2 is 2.13 bits per heavy atom. The van der Waals surface area contributed by atoms with Crippen molar-refractivity contribution in [1.82, 2.24) is 9.97 Å². The maximum absolute atomic E-state index is 12.8. The lowest BCUT2D eigenvalue weighted by molar-refractivity contribution is -0.123. The Hall–Kier alpha value is -2.60. The molecule has 1 aromatic carbocycles. The molecule has 0 fully saturated rings. The molecule has 2 aliphatic rings. The van der Waals surface area contributed by atoms with E-state index in [9.17, 15) is 4.79 Å². The molecular formula is C25H28N4OS. The van der Waals surface area contributed by atoms with Crippen molar-refractivity contribution in [2.75, 3.05) is 5.32 Å². The van der Waals surface area contributed by atoms with Crippen LogP contribution in [0.5, 0.6) is 0 Å². The molecule has 0 radical (unpaired) electrons. The predicted molar refractivity (Wildman–Crippen MR) is 128 cm³/mol. The molecule has 1 atom stereocenters. The Bertz CT molecular complexity index is 1190. The number of hydrogen-bond acceptors (Lipinski definition) is 6. The van der Waals surface area contributed by atoms with Crippen molar-refractivity contribution in [2.45, 2.75) is 59.4 Å². The van der Waals surface area contributed by atoms with Gasteiger partial charge in [-0.15, -0.1) is 11.3 Å². The summed E-state index contributed by atoms with van der Waals surface area (Å²) >= 11 is 1.72. The van der Waals surface area contributed by atoms with Gasteiger partial charge >= 0.3 is 0 Å². The standard InChI is InChI=1S/C25H28N4OS/c1-25(2,3)9-8-20(30)15-5-7-19-21(11-15)31-24-22(19)23(27-14-28-24)29-18-6-4-16-12-26-13-17(16)10-18/h4,6,10,13-15H,5,7-9,11-12H2,1-3H3,(H,27,28,29). The molecule has 5 rings (SSSR count). The van der Waals surface area contributed by atoms with Gasteiger partial charge in [-0.2, -0.15) is 0 Å². The molecule has 1 aliphatic heterocycles. The second-order valence-corrected chi connectivity index (χ2v) is 11.0. The Kier molecular flexibility index (Phi) is 5.13. The zero-order chi connectivity index (χ0) is 21.6. The van der Waals surface area contributed by atoms with Crippen molar-refractivity contribution >= 4 is 45.1 Å². The Labute approximate surface area is 187 Å². The van der Waals surface area contributed by atoms with Crippen LogP contribution in [-0.4, -0.2) is 22.0 Å². The van der Waals surface area contributed by atoms with Crippen molar-refractivity contribution in [1.29, 1.82) is 0 Å². The van der Waals surface area contributed by atoms with Crippen LogP contribution in [-0.2, 0) is 24.2 Å². The van der Waals surface area contributed by atoms with Crippen LogP contribution in [0.25, 0.3) is 10.2 Å². The summed E-state index contributed by atoms with van der Waals surface area (Å²) in [6.07, 6.45) is 7.88. The molecule has 1 unspecified atom stereocenters. The lowest BCUT2D eigenvalue weighted by atomic mass is 9.81. The second-order valence-electron chi connectivity index (χ2n) is 9.88. The van der Waals surface area contributed by atoms with E-state index in [0.29, 0.717) is 12.2 Å². The van der Waals surface area contributed by atoms with Gasteiger partial charge in [0, 0.05) is 29.1 Å². The van der Waals surface area contributed by atoms with E-state index in [0.717, 1.165) is 53.9 Å². The number of ketones is 1. The van der Waals surface area contributed by atoms with Gasteiger partial charge in [-0.25, -0.2) is 9.97 Å². The number of fused-ring (bicyclic) bond motifs is 4. The topological polar surface area (TPSA) is 67.2 Å². The molecule has 5 nitrogen and oxygen atoms in total. The minimum atomic E-state index is 0.142. The van der Waals surface area contributed by atoms with Gasteiger partial charge in [-0.05, 0) is 59.9 Å². The highest BCUT2D eigenvalue weighted by atomic mass is 32.1. The zero-order valence-corrected chi connectivity index (χ0v) is 19.2. The fourth-order valence-electron chi connectivity index (χ4n) is 4.50. The normalized spacial score (nSPS) is 17.6. The number of benzene rings is 1. The van der Waals surface area contributed by atoms with Gasteiger partial charge in [0.25, 0.3) is 0 Å². The van der Waals surface area contributed by atoms with E-state index in [1.807, 2.05) is 6.21 Å². The van der Waals surface area contributed by atoms with Crippen LogP contribution in [0.4, 0.5) is 11.5 Å². The summed E-state index contributed by atoms with van der Waals surface area (Å²) in [6, 6.07) is 6.34. The van der Waals surface area contributed by atoms with Crippen LogP contribution in [0.3, 0.4) is 0 Å². The average molecular weight is 433 g/mol. The van der Waals surface area contributed by atoms with E-state index in [-0.39, 0.29) is 11.3 Å². The van der Waals surface area contributed by atoms with Crippen molar-refractivity contribution in [3.05, 3.63) is 46.1 Å². The molecule has 1 N–H and O–H groups in total. The van der Waals surface area contributed by atoms with Gasteiger partial charge in [0.05, 0.1) is 11.9 Å². The smallest absolute Gasteiger partial charge is 0.142 e. The van der Waals surface area contributed by atoms with Crippen molar-refractivity contribution < 1.29 is 4.79 Å². The number of nitrogens with zero attached hydrogens (tertiary/aromatic N) is 3. The van der Waals surface area contributed by atoms with Crippen LogP contribution < -0.4 is 5.32 Å². The highest BCUT2D eigenvalue weighted by Gasteiger charge is 2.29. The number of anilines is 2. The molecule has 1 aliphatic carbocycles. The summed E-state index contributed by atoms with van der Waals surface area (Å²) in [5, 5.41) is 4.63. The molecule has 0 saturated heterocycles. The van der Waals surface area contributed by atoms with E-state index in [1.165, 1.54) is 21.6 Å². The summed E-state index contributed by atoms with van der Waals surface area (Å²) < 4.78 is 0. The highest BCUT2D eigenvalue weighted by Crippen LogP contribution is 2.41. The van der Waals surface area contributed by atoms with Crippen molar-refractivity contribution in [3.63, 3.8) is 0 Å². The Balaban J connectivity index is 1.39. The number of aryl methyl sites for hydroxylation is 1. The summed E-state index contributed by atoms with van der Waals surface area (Å²) in [5.41, 5.74) is 4.96. The molecule has 0 spiro atoms. The lowest BCUT2D eigenvalue weighted by Crippen LogP contribution is -2.23. The maximum atomic E-state index is 12.8. The molecule has 3 heterocycles. The monoisotopic (exact) mass is 432 g/mol. The van der Waals surface area contributed by atoms with E-state index in [1.54, 1.807) is 17.7 Å². The third-order valence-corrected chi connectivity index (χ3v) is 7.49. The molecule has 0 bridgehead atoms. The number of aliphatic imine (C=N–C) groups is 1. The van der Waals surface area contributed by atoms with Crippen LogP contribution in [0, 0.1) is 11.3 Å². The van der Waals surface area contributed by atoms with Gasteiger partial charge in [0.15, 0.2) is 0 Å². The average Bonchev–Trinajstić information content (AvgIpc) is 3.35. The molecule has 0 saturated carbocycles. The Morgan fingerprint density at radius 1 is 1.26 bits per heavy atom. The minimum absolute atomic E-state index is 0.142. The summed E-state index contributed by atoms with van der Waals surface area (Å²) in [4.78, 5) is 28.6. The predicted octanol–water partition coefficient (Wildman–Crippen LogP) is 5.87. The first-order valence-corrected chi connectivity index (χ1v) is 11.9.